The Morgan fingerprint density at radius 3 is 1.91 bits per heavy atom. The van der Waals surface area contributed by atoms with Crippen LogP contribution in [0, 0.1) is 0 Å². The number of urea groups is 1. The van der Waals surface area contributed by atoms with E-state index < -0.39 is 21.5 Å². The normalized spacial score (nSPS) is 17.7. The van der Waals surface area contributed by atoms with Crippen molar-refractivity contribution in [1.82, 2.24) is 14.5 Å². The molecule has 1 aliphatic heterocycles. The minimum atomic E-state index is -3.77. The Labute approximate surface area is 275 Å². The van der Waals surface area contributed by atoms with Gasteiger partial charge in [-0.25, -0.2) is 18.4 Å². The maximum atomic E-state index is 15.8. The maximum absolute atomic E-state index is 15.8. The third-order valence-electron chi connectivity index (χ3n) is 9.72. The van der Waals surface area contributed by atoms with E-state index in [9.17, 15) is 4.79 Å². The summed E-state index contributed by atoms with van der Waals surface area (Å²) in [5.74, 6) is 0.358. The van der Waals surface area contributed by atoms with Crippen molar-refractivity contribution < 1.29 is 13.7 Å². The van der Waals surface area contributed by atoms with Crippen molar-refractivity contribution in [2.75, 3.05) is 11.9 Å². The zero-order chi connectivity index (χ0) is 32.0. The van der Waals surface area contributed by atoms with E-state index in [0.717, 1.165) is 60.9 Å². The van der Waals surface area contributed by atoms with Gasteiger partial charge in [-0.05, 0) is 84.4 Å². The summed E-state index contributed by atoms with van der Waals surface area (Å²) in [5.41, 5.74) is 7.19. The number of hydrogen-bond donors (Lipinski definition) is 2. The minimum absolute atomic E-state index is 0.0483. The number of ether oxygens (including phenoxy) is 1. The molecule has 2 aliphatic carbocycles. The average molecular weight is 644 g/mol. The largest absolute Gasteiger partial charge is 0.475 e. The first-order valence-electron chi connectivity index (χ1n) is 16.4. The molecule has 0 radical (unpaired) electrons. The number of nitrogens with one attached hydrogen (secondary N) is 2. The first kappa shape index (κ1) is 29.7. The topological polar surface area (TPSA) is 97.6 Å². The molecule has 0 saturated heterocycles. The molecule has 238 valence electrons. The van der Waals surface area contributed by atoms with Crippen molar-refractivity contribution in [3.8, 4) is 5.88 Å². The molecule has 0 saturated carbocycles. The fourth-order valence-electron chi connectivity index (χ4n) is 7.54. The van der Waals surface area contributed by atoms with E-state index in [1.165, 1.54) is 28.5 Å². The molecule has 0 spiro atoms. The zero-order valence-electron chi connectivity index (χ0n) is 26.3. The monoisotopic (exact) mass is 643 g/mol. The molecule has 1 aromatic heterocycles. The Balaban J connectivity index is 1.34. The molecule has 2 heterocycles. The lowest BCUT2D eigenvalue weighted by Gasteiger charge is -2.37. The molecule has 0 fully saturated rings. The highest BCUT2D eigenvalue weighted by atomic mass is 32.2. The first-order chi connectivity index (χ1) is 23.0. The van der Waals surface area contributed by atoms with Crippen LogP contribution in [0.4, 0.5) is 10.5 Å². The van der Waals surface area contributed by atoms with Crippen molar-refractivity contribution in [1.29, 1.82) is 0 Å². The molecule has 8 rings (SSSR count). The van der Waals surface area contributed by atoms with Gasteiger partial charge in [-0.2, -0.15) is 5.10 Å². The Kier molecular flexibility index (Phi) is 7.45. The number of nitrogens with zero attached hydrogens (tertiary/aromatic N) is 3. The first-order valence-corrected chi connectivity index (χ1v) is 17.9. The lowest BCUT2D eigenvalue weighted by Crippen LogP contribution is -2.48. The number of hydrogen-bond acceptors (Lipinski definition) is 4. The third kappa shape index (κ3) is 5.05. The summed E-state index contributed by atoms with van der Waals surface area (Å²) in [5, 5.41) is 7.71. The van der Waals surface area contributed by atoms with Gasteiger partial charge in [-0.3, -0.25) is 0 Å². The molecule has 5 aromatic rings. The van der Waals surface area contributed by atoms with Gasteiger partial charge in [0.15, 0.2) is 9.92 Å². The molecule has 2 amide bonds. The van der Waals surface area contributed by atoms with E-state index in [-0.39, 0.29) is 10.9 Å². The Bertz CT molecular complexity index is 1960. The summed E-state index contributed by atoms with van der Waals surface area (Å²) in [7, 11) is -3.77. The molecule has 47 heavy (non-hydrogen) atoms. The van der Waals surface area contributed by atoms with Gasteiger partial charge >= 0.3 is 6.03 Å². The zero-order valence-corrected chi connectivity index (χ0v) is 27.1. The van der Waals surface area contributed by atoms with Crippen LogP contribution < -0.4 is 14.8 Å². The van der Waals surface area contributed by atoms with Gasteiger partial charge in [-0.15, -0.1) is 4.36 Å². The number of benzene rings is 4. The molecule has 4 aromatic carbocycles. The van der Waals surface area contributed by atoms with E-state index in [4.69, 9.17) is 4.74 Å². The molecule has 2 atom stereocenters. The Morgan fingerprint density at radius 1 is 0.851 bits per heavy atom. The van der Waals surface area contributed by atoms with Crippen LogP contribution in [0.25, 0.3) is 0 Å². The van der Waals surface area contributed by atoms with Crippen LogP contribution >= 0.6 is 0 Å². The molecule has 3 aliphatic rings. The lowest BCUT2D eigenvalue weighted by molar-refractivity contribution is 0.260. The van der Waals surface area contributed by atoms with Crippen LogP contribution in [0.5, 0.6) is 5.88 Å². The summed E-state index contributed by atoms with van der Waals surface area (Å²) in [4.78, 5) is 14.5. The average Bonchev–Trinajstić information content (AvgIpc) is 3.91. The van der Waals surface area contributed by atoms with E-state index in [2.05, 4.69) is 25.6 Å². The molecule has 2 N–H and O–H groups in total. The van der Waals surface area contributed by atoms with Gasteiger partial charge in [0.05, 0.1) is 12.2 Å². The van der Waals surface area contributed by atoms with Crippen molar-refractivity contribution in [3.63, 3.8) is 0 Å². The van der Waals surface area contributed by atoms with Crippen molar-refractivity contribution in [2.24, 2.45) is 4.36 Å². The molecular weight excluding hydrogens is 607 g/mol. The molecule has 8 nitrogen and oxygen atoms in total. The highest BCUT2D eigenvalue weighted by molar-refractivity contribution is 7.92. The van der Waals surface area contributed by atoms with Gasteiger partial charge < -0.3 is 10.1 Å². The predicted octanol–water partition coefficient (Wildman–Crippen LogP) is 7.37. The number of aryl methyl sites for hydroxylation is 2. The van der Waals surface area contributed by atoms with Gasteiger partial charge in [0, 0.05) is 5.69 Å². The van der Waals surface area contributed by atoms with E-state index in [1.54, 1.807) is 4.68 Å². The highest BCUT2D eigenvalue weighted by Gasteiger charge is 2.42. The molecule has 0 unspecified atom stereocenters. The van der Waals surface area contributed by atoms with Crippen molar-refractivity contribution in [2.45, 2.75) is 61.9 Å². The predicted molar refractivity (Wildman–Crippen MR) is 183 cm³/mol. The second kappa shape index (κ2) is 11.8. The fourth-order valence-corrected chi connectivity index (χ4v) is 9.42. The van der Waals surface area contributed by atoms with E-state index >= 15 is 4.21 Å². The smallest absolute Gasteiger partial charge is 0.354 e. The van der Waals surface area contributed by atoms with Crippen LogP contribution in [-0.2, 0) is 41.1 Å². The number of carbonyl (C=O) groups is 1. The lowest BCUT2D eigenvalue weighted by atomic mass is 9.78. The second-order valence-corrected chi connectivity index (χ2v) is 14.5. The maximum Gasteiger partial charge on any atom is 0.354 e. The van der Waals surface area contributed by atoms with Crippen LogP contribution in [0.1, 0.15) is 64.8 Å². The minimum Gasteiger partial charge on any atom is -0.475 e. The number of carbonyl (C=O) groups excluding carboxylic acids is 1. The quantitative estimate of drug-likeness (QED) is 0.181. The number of aromatic nitrogens is 2. The van der Waals surface area contributed by atoms with E-state index in [0.29, 0.717) is 12.5 Å². The highest BCUT2D eigenvalue weighted by Crippen LogP contribution is 2.42. The third-order valence-corrected chi connectivity index (χ3v) is 11.6. The van der Waals surface area contributed by atoms with Crippen LogP contribution in [-0.4, -0.2) is 26.6 Å². The number of anilines is 1. The van der Waals surface area contributed by atoms with Crippen LogP contribution in [0.15, 0.2) is 113 Å². The summed E-state index contributed by atoms with van der Waals surface area (Å²) < 4.78 is 31.8. The SMILES string of the molecule is C[C@@H]1COc2c([S@@](=O)(=NC(=O)Nc3c4c(cc5c3CCC5)CCC4)NC(c3ccccc3)(c3ccccc3)c3ccccc3)cnn21. The standard InChI is InChI=1S/C38H37N5O3S/c1-26-25-46-36-34(24-39-43(26)36)47(45,41-37(44)40-35-32-21-11-13-27(32)23-28-14-12-22-33(28)35)42-38(29-15-5-2-6-16-29,30-17-7-3-8-18-30)31-19-9-4-10-20-31/h2-10,15-20,23-24,26H,11-14,21-22,25H2,1H3,(H2,40,41,42,44,45)/t26-,47-/m1/s1. The van der Waals surface area contributed by atoms with Gasteiger partial charge in [0.1, 0.15) is 17.0 Å². The molecule has 9 heteroatoms. The Morgan fingerprint density at radius 2 is 1.38 bits per heavy atom. The number of amides is 2. The van der Waals surface area contributed by atoms with Gasteiger partial charge in [-0.1, -0.05) is 97.1 Å². The Hall–Kier alpha value is -4.73. The fraction of sp³-hybridized carbons (Fsp3) is 0.263. The summed E-state index contributed by atoms with van der Waals surface area (Å²) in [6.45, 7) is 2.38. The van der Waals surface area contributed by atoms with Crippen LogP contribution in [0.3, 0.4) is 0 Å². The van der Waals surface area contributed by atoms with E-state index in [1.807, 2.05) is 97.9 Å². The summed E-state index contributed by atoms with van der Waals surface area (Å²) >= 11 is 0. The number of rotatable bonds is 7. The molecule has 0 bridgehead atoms. The van der Waals surface area contributed by atoms with Gasteiger partial charge in [0.2, 0.25) is 5.88 Å². The van der Waals surface area contributed by atoms with Crippen molar-refractivity contribution in [3.05, 3.63) is 142 Å². The second-order valence-electron chi connectivity index (χ2n) is 12.7. The van der Waals surface area contributed by atoms with Crippen LogP contribution in [0.2, 0.25) is 0 Å². The number of fused-ring (bicyclic) bond motifs is 3. The summed E-state index contributed by atoms with van der Waals surface area (Å²) in [6, 6.07) is 31.3. The van der Waals surface area contributed by atoms with Gasteiger partial charge in [0.25, 0.3) is 0 Å². The summed E-state index contributed by atoms with van der Waals surface area (Å²) in [6.07, 6.45) is 7.48. The molecular formula is C38H37N5O3S. The van der Waals surface area contributed by atoms with Crippen molar-refractivity contribution >= 4 is 21.6 Å².